The van der Waals surface area contributed by atoms with Crippen LogP contribution in [0.25, 0.3) is 0 Å². The van der Waals surface area contributed by atoms with Gasteiger partial charge in [-0.2, -0.15) is 0 Å². The Balaban J connectivity index is 2.73. The molecule has 0 aromatic heterocycles. The minimum Gasteiger partial charge on any atom is -0.447 e. The lowest BCUT2D eigenvalue weighted by atomic mass is 9.98. The van der Waals surface area contributed by atoms with E-state index in [0.717, 1.165) is 0 Å². The number of aliphatic hydroxyl groups excluding tert-OH is 1. The van der Waals surface area contributed by atoms with Crippen molar-refractivity contribution < 1.29 is 19.4 Å². The van der Waals surface area contributed by atoms with Crippen LogP contribution in [0.3, 0.4) is 0 Å². The maximum atomic E-state index is 11.9. The number of likely N-dealkylation sites (N-methyl/N-ethyl adjacent to an activating group) is 1. The van der Waals surface area contributed by atoms with E-state index in [2.05, 4.69) is 0 Å². The Labute approximate surface area is 94.8 Å². The van der Waals surface area contributed by atoms with Crippen LogP contribution in [-0.2, 0) is 9.53 Å². The number of carbonyl (C=O) groups is 2. The summed E-state index contributed by atoms with van der Waals surface area (Å²) in [7, 11) is 1.71. The van der Waals surface area contributed by atoms with Gasteiger partial charge in [-0.15, -0.1) is 0 Å². The van der Waals surface area contributed by atoms with E-state index >= 15 is 0 Å². The highest BCUT2D eigenvalue weighted by atomic mass is 16.6. The Morgan fingerprint density at radius 3 is 2.69 bits per heavy atom. The maximum Gasteiger partial charge on any atom is 0.410 e. The van der Waals surface area contributed by atoms with E-state index in [9.17, 15) is 9.59 Å². The summed E-state index contributed by atoms with van der Waals surface area (Å²) < 4.78 is 4.82. The molecule has 1 fully saturated rings. The average molecular weight is 230 g/mol. The first-order chi connectivity index (χ1) is 7.41. The van der Waals surface area contributed by atoms with E-state index in [1.807, 2.05) is 0 Å². The predicted molar refractivity (Wildman–Crippen MR) is 56.9 cm³/mol. The Bertz CT molecular complexity index is 291. The molecule has 6 heteroatoms. The third kappa shape index (κ3) is 2.27. The zero-order chi connectivity index (χ0) is 12.3. The van der Waals surface area contributed by atoms with Gasteiger partial charge in [0, 0.05) is 20.1 Å². The van der Waals surface area contributed by atoms with Gasteiger partial charge in [0.05, 0.1) is 6.61 Å². The normalized spacial score (nSPS) is 19.9. The quantitative estimate of drug-likeness (QED) is 0.705. The van der Waals surface area contributed by atoms with Crippen molar-refractivity contribution in [1.29, 1.82) is 0 Å². The van der Waals surface area contributed by atoms with Gasteiger partial charge in [0.2, 0.25) is 5.91 Å². The number of carbonyl (C=O) groups excluding carboxylic acids is 2. The first-order valence-corrected chi connectivity index (χ1v) is 5.22. The summed E-state index contributed by atoms with van der Waals surface area (Å²) in [5.74, 6) is -0.111. The average Bonchev–Trinajstić information content (AvgIpc) is 2.23. The Morgan fingerprint density at radius 1 is 1.50 bits per heavy atom. The smallest absolute Gasteiger partial charge is 0.410 e. The zero-order valence-corrected chi connectivity index (χ0v) is 9.89. The largest absolute Gasteiger partial charge is 0.447 e. The van der Waals surface area contributed by atoms with E-state index in [1.165, 1.54) is 4.90 Å². The third-order valence-electron chi connectivity index (χ3n) is 2.74. The highest BCUT2D eigenvalue weighted by Gasteiger charge is 2.43. The lowest BCUT2D eigenvalue weighted by molar-refractivity contribution is -0.145. The monoisotopic (exact) mass is 230 g/mol. The minimum absolute atomic E-state index is 0.0462. The first-order valence-electron chi connectivity index (χ1n) is 5.22. The fourth-order valence-electron chi connectivity index (χ4n) is 1.74. The van der Waals surface area contributed by atoms with E-state index in [0.29, 0.717) is 13.1 Å². The van der Waals surface area contributed by atoms with Gasteiger partial charge in [0.25, 0.3) is 0 Å². The standard InChI is InChI=1S/C10H18N2O4/c1-10(2)8(14)11(3)4-5-12(10)9(15)16-7-6-13/h13H,4-7H2,1-3H3. The number of ether oxygens (including phenoxy) is 1. The molecule has 1 N–H and O–H groups in total. The molecule has 0 atom stereocenters. The Morgan fingerprint density at radius 2 is 2.12 bits per heavy atom. The first kappa shape index (κ1) is 12.8. The molecule has 0 aromatic rings. The van der Waals surface area contributed by atoms with Crippen molar-refractivity contribution in [2.45, 2.75) is 19.4 Å². The van der Waals surface area contributed by atoms with Gasteiger partial charge in [0.1, 0.15) is 12.1 Å². The Hall–Kier alpha value is -1.30. The minimum atomic E-state index is -0.889. The van der Waals surface area contributed by atoms with Gasteiger partial charge in [0.15, 0.2) is 0 Å². The number of amides is 2. The highest BCUT2D eigenvalue weighted by molar-refractivity contribution is 5.90. The van der Waals surface area contributed by atoms with E-state index in [-0.39, 0.29) is 19.1 Å². The number of nitrogens with zero attached hydrogens (tertiary/aromatic N) is 2. The van der Waals surface area contributed by atoms with Crippen molar-refractivity contribution in [3.63, 3.8) is 0 Å². The van der Waals surface area contributed by atoms with E-state index in [4.69, 9.17) is 9.84 Å². The van der Waals surface area contributed by atoms with Gasteiger partial charge < -0.3 is 14.7 Å². The lowest BCUT2D eigenvalue weighted by Crippen LogP contribution is -2.63. The Kier molecular flexibility index (Phi) is 3.74. The molecule has 16 heavy (non-hydrogen) atoms. The van der Waals surface area contributed by atoms with Crippen molar-refractivity contribution in [2.24, 2.45) is 0 Å². The fraction of sp³-hybridized carbons (Fsp3) is 0.800. The summed E-state index contributed by atoms with van der Waals surface area (Å²) in [5, 5.41) is 8.57. The molecule has 92 valence electrons. The highest BCUT2D eigenvalue weighted by Crippen LogP contribution is 2.22. The lowest BCUT2D eigenvalue weighted by Gasteiger charge is -2.43. The molecule has 0 aliphatic carbocycles. The molecule has 1 saturated heterocycles. The molecule has 0 saturated carbocycles. The topological polar surface area (TPSA) is 70.1 Å². The van der Waals surface area contributed by atoms with Crippen LogP contribution in [-0.4, -0.2) is 65.8 Å². The second kappa shape index (κ2) is 4.69. The number of hydrogen-bond donors (Lipinski definition) is 1. The maximum absolute atomic E-state index is 11.9. The molecule has 1 heterocycles. The van der Waals surface area contributed by atoms with Crippen LogP contribution in [0.2, 0.25) is 0 Å². The van der Waals surface area contributed by atoms with Crippen LogP contribution in [0.1, 0.15) is 13.8 Å². The fourth-order valence-corrected chi connectivity index (χ4v) is 1.74. The van der Waals surface area contributed by atoms with Crippen molar-refractivity contribution in [1.82, 2.24) is 9.80 Å². The number of piperazine rings is 1. The molecule has 0 bridgehead atoms. The molecular weight excluding hydrogens is 212 g/mol. The predicted octanol–water partition coefficient (Wildman–Crippen LogP) is -0.332. The van der Waals surface area contributed by atoms with Crippen LogP contribution in [0, 0.1) is 0 Å². The molecule has 0 aromatic carbocycles. The molecular formula is C10H18N2O4. The van der Waals surface area contributed by atoms with Crippen LogP contribution < -0.4 is 0 Å². The van der Waals surface area contributed by atoms with Crippen LogP contribution in [0.5, 0.6) is 0 Å². The summed E-state index contributed by atoms with van der Waals surface area (Å²) in [6, 6.07) is 0. The van der Waals surface area contributed by atoms with Crippen molar-refractivity contribution in [2.75, 3.05) is 33.4 Å². The van der Waals surface area contributed by atoms with Gasteiger partial charge >= 0.3 is 6.09 Å². The van der Waals surface area contributed by atoms with Crippen molar-refractivity contribution in [3.05, 3.63) is 0 Å². The molecule has 1 aliphatic rings. The van der Waals surface area contributed by atoms with E-state index in [1.54, 1.807) is 25.8 Å². The molecule has 2 amide bonds. The van der Waals surface area contributed by atoms with Gasteiger partial charge in [-0.25, -0.2) is 4.79 Å². The van der Waals surface area contributed by atoms with Crippen LogP contribution in [0.15, 0.2) is 0 Å². The molecule has 6 nitrogen and oxygen atoms in total. The zero-order valence-electron chi connectivity index (χ0n) is 9.89. The molecule has 0 unspecified atom stereocenters. The van der Waals surface area contributed by atoms with Crippen molar-refractivity contribution in [3.8, 4) is 0 Å². The number of hydrogen-bond acceptors (Lipinski definition) is 4. The second-order valence-electron chi connectivity index (χ2n) is 4.28. The molecule has 1 rings (SSSR count). The summed E-state index contributed by atoms with van der Waals surface area (Å²) in [5.41, 5.74) is -0.889. The second-order valence-corrected chi connectivity index (χ2v) is 4.28. The van der Waals surface area contributed by atoms with Crippen molar-refractivity contribution >= 4 is 12.0 Å². The summed E-state index contributed by atoms with van der Waals surface area (Å²) >= 11 is 0. The van der Waals surface area contributed by atoms with Gasteiger partial charge in [-0.05, 0) is 13.8 Å². The van der Waals surface area contributed by atoms with Crippen LogP contribution in [0.4, 0.5) is 4.79 Å². The third-order valence-corrected chi connectivity index (χ3v) is 2.74. The number of aliphatic hydroxyl groups is 1. The van der Waals surface area contributed by atoms with Gasteiger partial charge in [-0.1, -0.05) is 0 Å². The van der Waals surface area contributed by atoms with Gasteiger partial charge in [-0.3, -0.25) is 9.69 Å². The van der Waals surface area contributed by atoms with Crippen LogP contribution >= 0.6 is 0 Å². The SMILES string of the molecule is CN1CCN(C(=O)OCCO)C(C)(C)C1=O. The molecule has 1 aliphatic heterocycles. The molecule has 0 radical (unpaired) electrons. The summed E-state index contributed by atoms with van der Waals surface area (Å²) in [6.45, 7) is 4.05. The molecule has 0 spiro atoms. The number of rotatable bonds is 2. The van der Waals surface area contributed by atoms with E-state index < -0.39 is 11.6 Å². The summed E-state index contributed by atoms with van der Waals surface area (Å²) in [6.07, 6.45) is -0.555. The summed E-state index contributed by atoms with van der Waals surface area (Å²) in [4.78, 5) is 26.5.